The number of hydrogen-bond donors (Lipinski definition) is 0. The summed E-state index contributed by atoms with van der Waals surface area (Å²) in [5.74, 6) is 0.494. The fourth-order valence-electron chi connectivity index (χ4n) is 2.47. The topological polar surface area (TPSA) is 3.24 Å². The Bertz CT molecular complexity index is 438. The van der Waals surface area contributed by atoms with Crippen LogP contribution < -0.4 is 0 Å². The molecule has 0 aliphatic carbocycles. The second kappa shape index (κ2) is 5.53. The molecule has 106 valence electrons. The summed E-state index contributed by atoms with van der Waals surface area (Å²) >= 11 is 0. The van der Waals surface area contributed by atoms with Gasteiger partial charge in [-0.2, -0.15) is 13.2 Å². The van der Waals surface area contributed by atoms with Crippen LogP contribution in [0.2, 0.25) is 0 Å². The van der Waals surface area contributed by atoms with Gasteiger partial charge < -0.3 is 0 Å². The van der Waals surface area contributed by atoms with E-state index in [2.05, 4.69) is 32.0 Å². The third-order valence-corrected chi connectivity index (χ3v) is 3.70. The van der Waals surface area contributed by atoms with Gasteiger partial charge in [0.1, 0.15) is 0 Å². The van der Waals surface area contributed by atoms with Crippen LogP contribution in [-0.2, 0) is 13.0 Å². The molecule has 0 bridgehead atoms. The summed E-state index contributed by atoms with van der Waals surface area (Å²) < 4.78 is 36.7. The molecule has 1 aromatic rings. The van der Waals surface area contributed by atoms with E-state index in [-0.39, 0.29) is 6.54 Å². The van der Waals surface area contributed by atoms with E-state index in [1.807, 2.05) is 4.90 Å². The molecule has 4 heteroatoms. The molecule has 1 aliphatic heterocycles. The van der Waals surface area contributed by atoms with Crippen LogP contribution in [0.5, 0.6) is 0 Å². The monoisotopic (exact) mass is 271 g/mol. The molecule has 0 amide bonds. The van der Waals surface area contributed by atoms with E-state index in [4.69, 9.17) is 0 Å². The Balaban J connectivity index is 2.00. The molecule has 19 heavy (non-hydrogen) atoms. The van der Waals surface area contributed by atoms with E-state index >= 15 is 0 Å². The number of fused-ring (bicyclic) bond motifs is 1. The van der Waals surface area contributed by atoms with Gasteiger partial charge in [-0.1, -0.05) is 32.0 Å². The number of benzene rings is 1. The maximum absolute atomic E-state index is 12.2. The fraction of sp³-hybridized carbons (Fsp3) is 0.600. The Morgan fingerprint density at radius 3 is 2.58 bits per heavy atom. The van der Waals surface area contributed by atoms with E-state index < -0.39 is 12.6 Å². The van der Waals surface area contributed by atoms with Crippen molar-refractivity contribution in [1.82, 2.24) is 4.90 Å². The highest BCUT2D eigenvalue weighted by atomic mass is 19.4. The van der Waals surface area contributed by atoms with Crippen LogP contribution in [0.25, 0.3) is 0 Å². The average Bonchev–Trinajstić information content (AvgIpc) is 2.34. The number of rotatable bonds is 3. The van der Waals surface area contributed by atoms with Crippen molar-refractivity contribution in [3.05, 3.63) is 34.9 Å². The minimum atomic E-state index is -4.05. The van der Waals surface area contributed by atoms with Crippen molar-refractivity contribution in [2.45, 2.75) is 45.3 Å². The Morgan fingerprint density at radius 1 is 1.21 bits per heavy atom. The van der Waals surface area contributed by atoms with Crippen LogP contribution in [0.3, 0.4) is 0 Å². The lowest BCUT2D eigenvalue weighted by molar-refractivity contribution is -0.138. The molecule has 0 unspecified atom stereocenters. The van der Waals surface area contributed by atoms with Gasteiger partial charge >= 0.3 is 6.18 Å². The molecule has 0 radical (unpaired) electrons. The molecule has 1 aromatic carbocycles. The Kier molecular flexibility index (Phi) is 4.19. The third-order valence-electron chi connectivity index (χ3n) is 3.70. The average molecular weight is 271 g/mol. The third kappa shape index (κ3) is 3.96. The Labute approximate surface area is 112 Å². The van der Waals surface area contributed by atoms with Gasteiger partial charge in [-0.05, 0) is 29.0 Å². The van der Waals surface area contributed by atoms with Gasteiger partial charge in [0.2, 0.25) is 0 Å². The SMILES string of the molecule is CC(C)c1ccc2c(c1)CCN(CCC(F)(F)F)C2. The van der Waals surface area contributed by atoms with Crippen molar-refractivity contribution >= 4 is 0 Å². The minimum absolute atomic E-state index is 0.106. The van der Waals surface area contributed by atoms with Gasteiger partial charge in [-0.25, -0.2) is 0 Å². The zero-order valence-electron chi connectivity index (χ0n) is 11.4. The van der Waals surface area contributed by atoms with Crippen LogP contribution in [0.15, 0.2) is 18.2 Å². The van der Waals surface area contributed by atoms with Crippen LogP contribution in [0.1, 0.15) is 42.9 Å². The van der Waals surface area contributed by atoms with Gasteiger partial charge in [-0.3, -0.25) is 4.90 Å². The summed E-state index contributed by atoms with van der Waals surface area (Å²) in [6, 6.07) is 6.38. The fourth-order valence-corrected chi connectivity index (χ4v) is 2.47. The van der Waals surface area contributed by atoms with Crippen molar-refractivity contribution in [2.75, 3.05) is 13.1 Å². The molecule has 2 rings (SSSR count). The first-order chi connectivity index (χ1) is 8.85. The van der Waals surface area contributed by atoms with Gasteiger partial charge in [-0.15, -0.1) is 0 Å². The van der Waals surface area contributed by atoms with E-state index in [1.54, 1.807) is 0 Å². The Hall–Kier alpha value is -1.03. The number of hydrogen-bond acceptors (Lipinski definition) is 1. The van der Waals surface area contributed by atoms with Crippen molar-refractivity contribution in [3.8, 4) is 0 Å². The van der Waals surface area contributed by atoms with Crippen LogP contribution in [0.4, 0.5) is 13.2 Å². The molecule has 0 fully saturated rings. The zero-order valence-corrected chi connectivity index (χ0v) is 11.4. The lowest BCUT2D eigenvalue weighted by Gasteiger charge is -2.29. The van der Waals surface area contributed by atoms with Gasteiger partial charge in [0.05, 0.1) is 6.42 Å². The Morgan fingerprint density at radius 2 is 1.95 bits per heavy atom. The summed E-state index contributed by atoms with van der Waals surface area (Å²) in [4.78, 5) is 1.89. The molecular weight excluding hydrogens is 251 g/mol. The van der Waals surface area contributed by atoms with Gasteiger partial charge in [0.15, 0.2) is 0 Å². The summed E-state index contributed by atoms with van der Waals surface area (Å²) in [7, 11) is 0. The smallest absolute Gasteiger partial charge is 0.298 e. The molecule has 0 saturated carbocycles. The number of nitrogens with zero attached hydrogens (tertiary/aromatic N) is 1. The minimum Gasteiger partial charge on any atom is -0.298 e. The quantitative estimate of drug-likeness (QED) is 0.799. The molecule has 1 aliphatic rings. The standard InChI is InChI=1S/C15H20F3N/c1-11(2)12-3-4-14-10-19(7-5-13(14)9-12)8-6-15(16,17)18/h3-4,9,11H,5-8,10H2,1-2H3. The molecule has 1 heterocycles. The molecule has 0 aromatic heterocycles. The summed E-state index contributed by atoms with van der Waals surface area (Å²) in [6.07, 6.45) is -3.91. The molecular formula is C15H20F3N. The predicted octanol–water partition coefficient (Wildman–Crippen LogP) is 4.12. The maximum Gasteiger partial charge on any atom is 0.390 e. The number of alkyl halides is 3. The predicted molar refractivity (Wildman–Crippen MR) is 70.2 cm³/mol. The van der Waals surface area contributed by atoms with Gasteiger partial charge in [0.25, 0.3) is 0 Å². The molecule has 0 spiro atoms. The van der Waals surface area contributed by atoms with E-state index in [1.165, 1.54) is 16.7 Å². The second-order valence-corrected chi connectivity index (χ2v) is 5.57. The first-order valence-electron chi connectivity index (χ1n) is 6.76. The first-order valence-corrected chi connectivity index (χ1v) is 6.76. The van der Waals surface area contributed by atoms with E-state index in [0.29, 0.717) is 12.5 Å². The normalized spacial score (nSPS) is 16.7. The second-order valence-electron chi connectivity index (χ2n) is 5.57. The van der Waals surface area contributed by atoms with Crippen molar-refractivity contribution in [1.29, 1.82) is 0 Å². The lowest BCUT2D eigenvalue weighted by atomic mass is 9.93. The van der Waals surface area contributed by atoms with E-state index in [9.17, 15) is 13.2 Å². The van der Waals surface area contributed by atoms with Crippen LogP contribution in [-0.4, -0.2) is 24.2 Å². The molecule has 0 saturated heterocycles. The van der Waals surface area contributed by atoms with Crippen LogP contribution in [0, 0.1) is 0 Å². The summed E-state index contributed by atoms with van der Waals surface area (Å²) in [6.45, 7) is 5.78. The van der Waals surface area contributed by atoms with Crippen molar-refractivity contribution in [3.63, 3.8) is 0 Å². The number of halogens is 3. The van der Waals surface area contributed by atoms with Crippen LogP contribution >= 0.6 is 0 Å². The molecule has 0 N–H and O–H groups in total. The van der Waals surface area contributed by atoms with E-state index in [0.717, 1.165) is 13.0 Å². The molecule has 0 atom stereocenters. The summed E-state index contributed by atoms with van der Waals surface area (Å²) in [5, 5.41) is 0. The van der Waals surface area contributed by atoms with Crippen molar-refractivity contribution < 1.29 is 13.2 Å². The highest BCUT2D eigenvalue weighted by molar-refractivity contribution is 5.35. The maximum atomic E-state index is 12.2. The molecule has 1 nitrogen and oxygen atoms in total. The first kappa shape index (κ1) is 14.4. The van der Waals surface area contributed by atoms with Gasteiger partial charge in [0, 0.05) is 19.6 Å². The van der Waals surface area contributed by atoms with Crippen molar-refractivity contribution in [2.24, 2.45) is 0 Å². The highest BCUT2D eigenvalue weighted by Crippen LogP contribution is 2.26. The zero-order chi connectivity index (χ0) is 14.0. The lowest BCUT2D eigenvalue weighted by Crippen LogP contribution is -2.33. The largest absolute Gasteiger partial charge is 0.390 e. The summed E-state index contributed by atoms with van der Waals surface area (Å²) in [5.41, 5.74) is 3.79. The highest BCUT2D eigenvalue weighted by Gasteiger charge is 2.28.